The van der Waals surface area contributed by atoms with Crippen molar-refractivity contribution >= 4 is 60.9 Å². The smallest absolute Gasteiger partial charge is 0.430 e. The van der Waals surface area contributed by atoms with E-state index in [1.54, 1.807) is 0 Å². The van der Waals surface area contributed by atoms with Crippen LogP contribution in [0.15, 0.2) is 11.6 Å². The molecule has 9 atom stereocenters. The predicted molar refractivity (Wildman–Crippen MR) is 314 cm³/mol. The number of rotatable bonds is 32. The fraction of sp³-hybridized carbons (Fsp3) is 0.939. The molecule has 86 heavy (non-hydrogen) atoms. The summed E-state index contributed by atoms with van der Waals surface area (Å²) in [6.45, 7) is 12.3. The van der Waals surface area contributed by atoms with Gasteiger partial charge in [0.15, 0.2) is 0 Å². The van der Waals surface area contributed by atoms with Gasteiger partial charge < -0.3 is 9.26 Å². The minimum atomic E-state index is -4.77. The third-order valence-electron chi connectivity index (χ3n) is 17.1. The van der Waals surface area contributed by atoms with Gasteiger partial charge in [-0.25, -0.2) is 36.7 Å². The molecule has 510 valence electrons. The fourth-order valence-electron chi connectivity index (χ4n) is 12.7. The van der Waals surface area contributed by atoms with Gasteiger partial charge in [0.05, 0.1) is 0 Å². The molecule has 4 saturated carbocycles. The van der Waals surface area contributed by atoms with Crippen LogP contribution in [0.4, 0.5) is 4.79 Å². The summed E-state index contributed by atoms with van der Waals surface area (Å²) in [4.78, 5) is 21.4. The number of phosphoric acid groups is 7. The fourth-order valence-corrected chi connectivity index (χ4v) is 18.2. The van der Waals surface area contributed by atoms with Crippen LogP contribution < -0.4 is 0 Å². The van der Waals surface area contributed by atoms with Crippen LogP contribution in [0.25, 0.3) is 0 Å². The van der Waals surface area contributed by atoms with Crippen molar-refractivity contribution in [1.29, 1.82) is 0 Å². The molecule has 0 spiro atoms. The van der Waals surface area contributed by atoms with Crippen molar-refractivity contribution in [2.45, 2.75) is 163 Å². The van der Waals surface area contributed by atoms with Crippen LogP contribution in [-0.2, 0) is 127 Å². The first-order valence-corrected chi connectivity index (χ1v) is 37.3. The molecule has 7 unspecified atom stereocenters. The van der Waals surface area contributed by atoms with Gasteiger partial charge in [0.1, 0.15) is 42.7 Å². The molecule has 37 heteroatoms. The Hall–Kier alpha value is -0.180. The van der Waals surface area contributed by atoms with Gasteiger partial charge in [0, 0.05) is 98.8 Å². The second kappa shape index (κ2) is 34.3. The van der Waals surface area contributed by atoms with Crippen molar-refractivity contribution in [2.75, 3.05) is 92.4 Å². The molecule has 0 aromatic rings. The molecule has 30 nitrogen and oxygen atoms in total. The van der Waals surface area contributed by atoms with Crippen LogP contribution in [-0.4, -0.2) is 146 Å². The topological polar surface area (TPSA) is 351 Å². The lowest BCUT2D eigenvalue weighted by atomic mass is 9.47. The quantitative estimate of drug-likeness (QED) is 0.0371. The Kier molecular flexibility index (Phi) is 32.7. The first-order valence-electron chi connectivity index (χ1n) is 27.1. The predicted octanol–water partition coefficient (Wildman–Crippen LogP) is 14.3. The van der Waals surface area contributed by atoms with E-state index in [1.165, 1.54) is 50.5 Å². The molecule has 5 aliphatic rings. The first-order chi connectivity index (χ1) is 39.2. The van der Waals surface area contributed by atoms with Crippen molar-refractivity contribution in [2.24, 2.45) is 46.3 Å². The molecule has 5 aliphatic carbocycles. The minimum absolute atomic E-state index is 0. The van der Waals surface area contributed by atoms with E-state index >= 15 is 0 Å². The highest BCUT2D eigenvalue weighted by atomic mass is 31.2. The summed E-state index contributed by atoms with van der Waals surface area (Å²) in [5.74, 6) is 4.76. The van der Waals surface area contributed by atoms with Crippen LogP contribution in [0.1, 0.15) is 120 Å². The Morgan fingerprint density at radius 1 is 0.512 bits per heavy atom. The van der Waals surface area contributed by atoms with Gasteiger partial charge in [-0.05, 0) is 91.3 Å². The maximum absolute atomic E-state index is 13.5. The summed E-state index contributed by atoms with van der Waals surface area (Å²) < 4.78 is 199. The lowest BCUT2D eigenvalue weighted by Gasteiger charge is -2.58. The van der Waals surface area contributed by atoms with E-state index in [0.29, 0.717) is 17.8 Å². The van der Waals surface area contributed by atoms with Crippen LogP contribution in [0.3, 0.4) is 0 Å². The summed E-state index contributed by atoms with van der Waals surface area (Å²) in [5.41, 5.74) is 2.05. The number of hydrogen-bond donors (Lipinski definition) is 1. The number of ether oxygens (including phenoxy) is 1. The molecule has 0 saturated heterocycles. The van der Waals surface area contributed by atoms with E-state index in [1.807, 2.05) is 0 Å². The molecule has 0 aliphatic heterocycles. The number of phosphoric ester groups is 7. The molecule has 0 heterocycles. The second-order valence-corrected chi connectivity index (χ2v) is 34.1. The Morgan fingerprint density at radius 2 is 0.872 bits per heavy atom. The monoisotopic (exact) mass is 1380 g/mol. The SMILES string of the molecule is C.C.COP(=O)(O)OC(=O)O[C@H]1CCC2(C)C(=CCC3C2CCC2(C)C3CCC2[C@@H](C)CCCC(C)C)C1.COP(=O)(OC)OC1C(OP(=O)(OC)OC)C(OP(=O)(OC)OC)C(OP(=O)(OC)OC)C(OP(=O)(OC)OC)C1OP(=O)(OC)OC. The molecule has 0 bridgehead atoms. The largest absolute Gasteiger partial charge is 0.531 e. The zero-order chi connectivity index (χ0) is 63.5. The summed E-state index contributed by atoms with van der Waals surface area (Å²) in [5, 5.41) is 0. The Bertz CT molecular complexity index is 2210. The van der Waals surface area contributed by atoms with Gasteiger partial charge in [0.2, 0.25) is 0 Å². The molecule has 1 N–H and O–H groups in total. The highest BCUT2D eigenvalue weighted by Gasteiger charge is 2.65. The molecule has 4 fully saturated rings. The van der Waals surface area contributed by atoms with E-state index in [2.05, 4.69) is 49.7 Å². The Balaban J connectivity index is 0.000000593. The maximum atomic E-state index is 13.5. The zero-order valence-electron chi connectivity index (χ0n) is 51.3. The van der Waals surface area contributed by atoms with Crippen LogP contribution in [0.5, 0.6) is 0 Å². The molecular weight excluding hydrogens is 1290 g/mol. The van der Waals surface area contributed by atoms with Crippen molar-refractivity contribution in [3.05, 3.63) is 11.6 Å². The molecular formula is C49H99O30P7. The van der Waals surface area contributed by atoms with E-state index in [-0.39, 0.29) is 26.4 Å². The van der Waals surface area contributed by atoms with Gasteiger partial charge in [-0.2, -0.15) is 0 Å². The van der Waals surface area contributed by atoms with Gasteiger partial charge in [-0.15, -0.1) is 0 Å². The summed E-state index contributed by atoms with van der Waals surface area (Å²) in [6, 6.07) is 0. The number of carbonyl (C=O) groups is 1. The Labute approximate surface area is 509 Å². The highest BCUT2D eigenvalue weighted by Crippen LogP contribution is 2.69. The minimum Gasteiger partial charge on any atom is -0.430 e. The summed E-state index contributed by atoms with van der Waals surface area (Å²) >= 11 is 0. The third-order valence-corrected chi connectivity index (χ3v) is 26.3. The highest BCUT2D eigenvalue weighted by molar-refractivity contribution is 7.50. The van der Waals surface area contributed by atoms with Gasteiger partial charge >= 0.3 is 60.9 Å². The van der Waals surface area contributed by atoms with E-state index in [0.717, 1.165) is 141 Å². The zero-order valence-corrected chi connectivity index (χ0v) is 57.5. The van der Waals surface area contributed by atoms with Crippen LogP contribution in [0, 0.1) is 46.3 Å². The second-order valence-electron chi connectivity index (χ2n) is 21.6. The van der Waals surface area contributed by atoms with Crippen molar-refractivity contribution in [1.82, 2.24) is 0 Å². The van der Waals surface area contributed by atoms with Crippen molar-refractivity contribution in [3.8, 4) is 0 Å². The van der Waals surface area contributed by atoms with Crippen molar-refractivity contribution < 1.29 is 137 Å². The number of hydrogen-bond acceptors (Lipinski definition) is 29. The van der Waals surface area contributed by atoms with Gasteiger partial charge in [0.25, 0.3) is 0 Å². The van der Waals surface area contributed by atoms with Crippen LogP contribution in [0.2, 0.25) is 0 Å². The number of carbonyl (C=O) groups excluding carboxylic acids is 1. The lowest BCUT2D eigenvalue weighted by molar-refractivity contribution is -0.205. The average Bonchev–Trinajstić information content (AvgIpc) is 1.27. The van der Waals surface area contributed by atoms with Gasteiger partial charge in [-0.1, -0.05) is 80.4 Å². The van der Waals surface area contributed by atoms with Gasteiger partial charge in [-0.3, -0.25) is 90.8 Å². The molecule has 0 amide bonds. The lowest BCUT2D eigenvalue weighted by Crippen LogP contribution is -2.66. The van der Waals surface area contributed by atoms with E-state index in [9.17, 15) is 41.6 Å². The standard InChI is InChI=1S/C29H49O6P.C18H42O24P6.2CH4/c1-19(2)8-7-9-20(3)24-12-13-25-23-11-10-21-18-22(34-27(30)35-36(31,32)33-6)14-16-28(21,4)26(23)15-17-29(24,25)5;1-25-43(19,26-2)37-13-14(38-44(20,27-3)28-4)16(40-46(22,31-7)32-8)18(42-48(24,35-11)36-12)17(41-47(23,33-9)34-10)15(13)39-45(21,29-5)30-6;;/h10,19-20,22-26H,7-9,11-18H2,1-6H3,(H,31,32);13-18H,1-12H3;2*1H4/t20-,22-,23?,24?,25?,26?,28?,29?;;;/m0.../s1. The number of allylic oxidation sites excluding steroid dienone is 1. The van der Waals surface area contributed by atoms with Crippen molar-refractivity contribution in [3.63, 3.8) is 0 Å². The summed E-state index contributed by atoms with van der Waals surface area (Å²) in [6.07, 6.45) is 0.576. The molecule has 0 aromatic carbocycles. The molecule has 5 rings (SSSR count). The molecule has 0 radical (unpaired) electrons. The number of fused-ring (bicyclic) bond motifs is 5. The first kappa shape index (κ1) is 81.9. The van der Waals surface area contributed by atoms with Crippen LogP contribution >= 0.6 is 54.8 Å². The maximum Gasteiger partial charge on any atom is 0.531 e. The van der Waals surface area contributed by atoms with E-state index < -0.39 is 97.5 Å². The summed E-state index contributed by atoms with van der Waals surface area (Å²) in [7, 11) is -21.3. The van der Waals surface area contributed by atoms with E-state index in [4.69, 9.17) is 86.2 Å². The molecule has 0 aromatic heterocycles. The average molecular weight is 1390 g/mol. The normalized spacial score (nSPS) is 30.8. The third kappa shape index (κ3) is 19.9. The Morgan fingerprint density at radius 3 is 1.20 bits per heavy atom.